The number of aromatic nitrogens is 3. The van der Waals surface area contributed by atoms with E-state index in [-0.39, 0.29) is 17.4 Å². The molecule has 0 unspecified atom stereocenters. The number of nitrogens with two attached hydrogens (primary N) is 1. The molecular formula is C22H15F3N4O2. The van der Waals surface area contributed by atoms with Gasteiger partial charge in [0.15, 0.2) is 5.82 Å². The van der Waals surface area contributed by atoms with Crippen molar-refractivity contribution in [2.45, 2.75) is 6.36 Å². The van der Waals surface area contributed by atoms with E-state index < -0.39 is 12.3 Å². The number of hydrogen-bond acceptors (Lipinski definition) is 4. The Hall–Kier alpha value is -4.14. The van der Waals surface area contributed by atoms with Gasteiger partial charge in [-0.3, -0.25) is 9.89 Å². The summed E-state index contributed by atoms with van der Waals surface area (Å²) in [5.74, 6) is -0.826. The fourth-order valence-electron chi connectivity index (χ4n) is 3.20. The molecule has 31 heavy (non-hydrogen) atoms. The van der Waals surface area contributed by atoms with Crippen molar-refractivity contribution in [3.8, 4) is 39.4 Å². The molecule has 1 heterocycles. The van der Waals surface area contributed by atoms with Crippen molar-refractivity contribution in [3.63, 3.8) is 0 Å². The van der Waals surface area contributed by atoms with Crippen LogP contribution in [0.25, 0.3) is 33.6 Å². The number of H-pyrrole nitrogens is 1. The predicted molar refractivity (Wildman–Crippen MR) is 108 cm³/mol. The number of amides is 1. The number of halogens is 3. The number of nitrogens with one attached hydrogen (secondary N) is 1. The Bertz CT molecular complexity index is 1250. The first-order chi connectivity index (χ1) is 14.8. The Kier molecular flexibility index (Phi) is 5.16. The van der Waals surface area contributed by atoms with E-state index in [1.807, 2.05) is 6.07 Å². The SMILES string of the molecule is NC(=O)c1nc(-c2cccc(-c3ccccc3-c3ccccc3OC(F)(F)F)c2)n[nH]1. The minimum Gasteiger partial charge on any atom is -0.405 e. The summed E-state index contributed by atoms with van der Waals surface area (Å²) in [5.41, 5.74) is 8.08. The molecule has 0 fully saturated rings. The van der Waals surface area contributed by atoms with Crippen LogP contribution >= 0.6 is 0 Å². The summed E-state index contributed by atoms with van der Waals surface area (Å²) >= 11 is 0. The standard InChI is InChI=1S/C22H15F3N4O2/c23-22(24,25)31-18-11-4-3-10-17(18)16-9-2-1-8-15(16)13-6-5-7-14(12-13)20-27-21(19(26)30)29-28-20/h1-12H,(H2,26,30)(H,27,28,29). The van der Waals surface area contributed by atoms with Crippen molar-refractivity contribution in [2.24, 2.45) is 5.73 Å². The molecule has 0 aliphatic carbocycles. The van der Waals surface area contributed by atoms with Gasteiger partial charge in [-0.25, -0.2) is 4.98 Å². The third-order valence-corrected chi connectivity index (χ3v) is 4.48. The molecule has 0 spiro atoms. The zero-order valence-electron chi connectivity index (χ0n) is 15.9. The highest BCUT2D eigenvalue weighted by Crippen LogP contribution is 2.39. The topological polar surface area (TPSA) is 93.9 Å². The van der Waals surface area contributed by atoms with Gasteiger partial charge in [0.2, 0.25) is 5.82 Å². The molecule has 0 saturated carbocycles. The maximum Gasteiger partial charge on any atom is 0.573 e. The van der Waals surface area contributed by atoms with Crippen molar-refractivity contribution in [1.29, 1.82) is 0 Å². The first-order valence-corrected chi connectivity index (χ1v) is 9.09. The van der Waals surface area contributed by atoms with E-state index in [2.05, 4.69) is 19.9 Å². The van der Waals surface area contributed by atoms with Gasteiger partial charge in [-0.05, 0) is 28.8 Å². The minimum absolute atomic E-state index is 0.0703. The Labute approximate surface area is 174 Å². The number of carbonyl (C=O) groups excluding carboxylic acids is 1. The lowest BCUT2D eigenvalue weighted by Gasteiger charge is -2.16. The van der Waals surface area contributed by atoms with Crippen LogP contribution in [0.2, 0.25) is 0 Å². The van der Waals surface area contributed by atoms with Gasteiger partial charge in [-0.2, -0.15) is 5.10 Å². The van der Waals surface area contributed by atoms with Crippen LogP contribution in [-0.2, 0) is 0 Å². The van der Waals surface area contributed by atoms with E-state index >= 15 is 0 Å². The van der Waals surface area contributed by atoms with Gasteiger partial charge in [0.05, 0.1) is 0 Å². The van der Waals surface area contributed by atoms with E-state index in [0.717, 1.165) is 5.56 Å². The summed E-state index contributed by atoms with van der Waals surface area (Å²) in [6, 6.07) is 20.1. The van der Waals surface area contributed by atoms with E-state index in [4.69, 9.17) is 5.73 Å². The van der Waals surface area contributed by atoms with Crippen molar-refractivity contribution in [3.05, 3.63) is 78.6 Å². The third kappa shape index (κ3) is 4.40. The van der Waals surface area contributed by atoms with Crippen LogP contribution in [0.4, 0.5) is 13.2 Å². The molecule has 156 valence electrons. The molecule has 3 aromatic carbocycles. The highest BCUT2D eigenvalue weighted by Gasteiger charge is 2.32. The number of nitrogens with zero attached hydrogens (tertiary/aromatic N) is 2. The Morgan fingerprint density at radius 1 is 0.871 bits per heavy atom. The maximum atomic E-state index is 12.9. The number of carbonyl (C=O) groups is 1. The smallest absolute Gasteiger partial charge is 0.405 e. The molecule has 6 nitrogen and oxygen atoms in total. The molecule has 0 aliphatic heterocycles. The van der Waals surface area contributed by atoms with Gasteiger partial charge in [0.25, 0.3) is 5.91 Å². The average Bonchev–Trinajstić information content (AvgIpc) is 3.24. The largest absolute Gasteiger partial charge is 0.573 e. The number of alkyl halides is 3. The Balaban J connectivity index is 1.80. The minimum atomic E-state index is -4.81. The number of aromatic amines is 1. The van der Waals surface area contributed by atoms with Crippen LogP contribution in [0.15, 0.2) is 72.8 Å². The number of hydrogen-bond donors (Lipinski definition) is 2. The van der Waals surface area contributed by atoms with Gasteiger partial charge in [0, 0.05) is 11.1 Å². The molecule has 9 heteroatoms. The number of benzene rings is 3. The zero-order chi connectivity index (χ0) is 22.0. The monoisotopic (exact) mass is 424 g/mol. The molecular weight excluding hydrogens is 409 g/mol. The Morgan fingerprint density at radius 3 is 2.19 bits per heavy atom. The van der Waals surface area contributed by atoms with Crippen LogP contribution in [0, 0.1) is 0 Å². The normalized spacial score (nSPS) is 11.3. The maximum absolute atomic E-state index is 12.9. The summed E-state index contributed by atoms with van der Waals surface area (Å²) in [5, 5.41) is 6.47. The van der Waals surface area contributed by atoms with Crippen LogP contribution in [-0.4, -0.2) is 27.5 Å². The molecule has 3 N–H and O–H groups in total. The van der Waals surface area contributed by atoms with E-state index in [9.17, 15) is 18.0 Å². The molecule has 0 atom stereocenters. The second-order valence-corrected chi connectivity index (χ2v) is 6.54. The highest BCUT2D eigenvalue weighted by atomic mass is 19.4. The first kappa shape index (κ1) is 20.1. The molecule has 0 bridgehead atoms. The van der Waals surface area contributed by atoms with Crippen LogP contribution in [0.5, 0.6) is 5.75 Å². The van der Waals surface area contributed by atoms with Gasteiger partial charge in [-0.1, -0.05) is 60.7 Å². The summed E-state index contributed by atoms with van der Waals surface area (Å²) in [6.07, 6.45) is -4.81. The summed E-state index contributed by atoms with van der Waals surface area (Å²) < 4.78 is 42.9. The van der Waals surface area contributed by atoms with Crippen molar-refractivity contribution in [1.82, 2.24) is 15.2 Å². The van der Waals surface area contributed by atoms with Crippen LogP contribution in [0.3, 0.4) is 0 Å². The second-order valence-electron chi connectivity index (χ2n) is 6.54. The lowest BCUT2D eigenvalue weighted by atomic mass is 9.93. The molecule has 0 radical (unpaired) electrons. The van der Waals surface area contributed by atoms with Gasteiger partial charge in [0.1, 0.15) is 5.75 Å². The van der Waals surface area contributed by atoms with Crippen molar-refractivity contribution < 1.29 is 22.7 Å². The van der Waals surface area contributed by atoms with Gasteiger partial charge in [-0.15, -0.1) is 13.2 Å². The summed E-state index contributed by atoms with van der Waals surface area (Å²) in [6.45, 7) is 0. The van der Waals surface area contributed by atoms with Gasteiger partial charge < -0.3 is 10.5 Å². The highest BCUT2D eigenvalue weighted by molar-refractivity contribution is 5.90. The molecule has 0 saturated heterocycles. The predicted octanol–water partition coefficient (Wildman–Crippen LogP) is 4.80. The van der Waals surface area contributed by atoms with Crippen molar-refractivity contribution in [2.75, 3.05) is 0 Å². The lowest BCUT2D eigenvalue weighted by molar-refractivity contribution is -0.274. The number of primary amides is 1. The van der Waals surface area contributed by atoms with Gasteiger partial charge >= 0.3 is 6.36 Å². The van der Waals surface area contributed by atoms with E-state index in [1.165, 1.54) is 12.1 Å². The fraction of sp³-hybridized carbons (Fsp3) is 0.0455. The fourth-order valence-corrected chi connectivity index (χ4v) is 3.20. The van der Waals surface area contributed by atoms with Crippen LogP contribution < -0.4 is 10.5 Å². The summed E-state index contributed by atoms with van der Waals surface area (Å²) in [4.78, 5) is 15.3. The molecule has 0 aliphatic rings. The van der Waals surface area contributed by atoms with Crippen molar-refractivity contribution >= 4 is 5.91 Å². The molecule has 4 aromatic rings. The summed E-state index contributed by atoms with van der Waals surface area (Å²) in [7, 11) is 0. The second kappa shape index (κ2) is 7.94. The third-order valence-electron chi connectivity index (χ3n) is 4.48. The first-order valence-electron chi connectivity index (χ1n) is 9.09. The Morgan fingerprint density at radius 2 is 1.52 bits per heavy atom. The van der Waals surface area contributed by atoms with Crippen LogP contribution in [0.1, 0.15) is 10.6 Å². The number of para-hydroxylation sites is 1. The molecule has 4 rings (SSSR count). The van der Waals surface area contributed by atoms with E-state index in [1.54, 1.807) is 54.6 Å². The number of ether oxygens (including phenoxy) is 1. The average molecular weight is 424 g/mol. The van der Waals surface area contributed by atoms with E-state index in [0.29, 0.717) is 22.3 Å². The number of rotatable bonds is 5. The zero-order valence-corrected chi connectivity index (χ0v) is 15.9. The quantitative estimate of drug-likeness (QED) is 0.481. The molecule has 1 aromatic heterocycles. The lowest BCUT2D eigenvalue weighted by Crippen LogP contribution is -2.17. The molecule has 1 amide bonds.